The Balaban J connectivity index is 2.37. The van der Waals surface area contributed by atoms with Gasteiger partial charge in [0.25, 0.3) is 0 Å². The molecule has 0 amide bonds. The summed E-state index contributed by atoms with van der Waals surface area (Å²) in [7, 11) is 0. The van der Waals surface area contributed by atoms with Gasteiger partial charge in [-0.15, -0.1) is 11.3 Å². The quantitative estimate of drug-likeness (QED) is 0.683. The van der Waals surface area contributed by atoms with Gasteiger partial charge < -0.3 is 0 Å². The second-order valence-electron chi connectivity index (χ2n) is 3.59. The lowest BCUT2D eigenvalue weighted by Crippen LogP contribution is -1.86. The molecule has 3 rings (SSSR count). The molecule has 0 aliphatic heterocycles. The lowest BCUT2D eigenvalue weighted by atomic mass is 10.0. The summed E-state index contributed by atoms with van der Waals surface area (Å²) < 4.78 is 13.8. The predicted octanol–water partition coefficient (Wildman–Crippen LogP) is 4.84. The molecule has 0 saturated heterocycles. The van der Waals surface area contributed by atoms with Gasteiger partial charge in [0.05, 0.1) is 21.7 Å². The fourth-order valence-electron chi connectivity index (χ4n) is 2.01. The largest absolute Gasteiger partial charge is 0.160 e. The van der Waals surface area contributed by atoms with Crippen LogP contribution in [0.25, 0.3) is 16.2 Å². The zero-order chi connectivity index (χ0) is 10.3. The van der Waals surface area contributed by atoms with Gasteiger partial charge in [-0.25, -0.2) is 0 Å². The van der Waals surface area contributed by atoms with Gasteiger partial charge in [-0.05, 0) is 24.5 Å². The first-order valence-electron chi connectivity index (χ1n) is 4.89. The third-order valence-corrected chi connectivity index (χ3v) is 4.65. The average molecular weight is 236 g/mol. The van der Waals surface area contributed by atoms with Crippen molar-refractivity contribution < 1.29 is 3.89 Å². The fraction of sp³-hybridized carbons (Fsp3) is 0.167. The van der Waals surface area contributed by atoms with E-state index in [1.165, 1.54) is 15.8 Å². The van der Waals surface area contributed by atoms with Crippen LogP contribution in [-0.2, 0) is 6.42 Å². The van der Waals surface area contributed by atoms with E-state index >= 15 is 0 Å². The van der Waals surface area contributed by atoms with Gasteiger partial charge in [-0.1, -0.05) is 24.3 Å². The molecule has 1 heterocycles. The SMILES string of the molecule is FSc1cccc2c3c(sc12)CCC=C3. The Kier molecular flexibility index (Phi) is 2.29. The Labute approximate surface area is 96.1 Å². The fourth-order valence-corrected chi connectivity index (χ4v) is 3.75. The van der Waals surface area contributed by atoms with Crippen LogP contribution >= 0.6 is 23.5 Å². The van der Waals surface area contributed by atoms with Gasteiger partial charge in [0, 0.05) is 10.3 Å². The van der Waals surface area contributed by atoms with Crippen LogP contribution in [0.5, 0.6) is 0 Å². The molecule has 0 unspecified atom stereocenters. The summed E-state index contributed by atoms with van der Waals surface area (Å²) in [6.45, 7) is 0. The summed E-state index contributed by atoms with van der Waals surface area (Å²) in [6.07, 6.45) is 6.58. The Bertz CT molecular complexity index is 540. The van der Waals surface area contributed by atoms with Crippen LogP contribution in [0.3, 0.4) is 0 Å². The lowest BCUT2D eigenvalue weighted by Gasteiger charge is -2.02. The maximum Gasteiger partial charge on any atom is 0.0827 e. The topological polar surface area (TPSA) is 0 Å². The van der Waals surface area contributed by atoms with Crippen molar-refractivity contribution in [2.75, 3.05) is 0 Å². The van der Waals surface area contributed by atoms with Crippen LogP contribution in [0.15, 0.2) is 29.2 Å². The molecule has 0 atom stereocenters. The van der Waals surface area contributed by atoms with E-state index < -0.39 is 0 Å². The number of allylic oxidation sites excluding steroid dienone is 1. The zero-order valence-corrected chi connectivity index (χ0v) is 9.63. The van der Waals surface area contributed by atoms with Crippen molar-refractivity contribution in [2.45, 2.75) is 17.7 Å². The van der Waals surface area contributed by atoms with Crippen LogP contribution in [0.2, 0.25) is 0 Å². The summed E-state index contributed by atoms with van der Waals surface area (Å²) >= 11 is 2.09. The summed E-state index contributed by atoms with van der Waals surface area (Å²) in [5, 5.41) is 1.20. The van der Waals surface area contributed by atoms with Crippen molar-refractivity contribution >= 4 is 39.6 Å². The zero-order valence-electron chi connectivity index (χ0n) is 8.00. The van der Waals surface area contributed by atoms with Crippen molar-refractivity contribution in [1.29, 1.82) is 0 Å². The summed E-state index contributed by atoms with van der Waals surface area (Å²) in [4.78, 5) is 2.15. The first-order chi connectivity index (χ1) is 7.40. The first-order valence-corrected chi connectivity index (χ1v) is 6.43. The highest BCUT2D eigenvalue weighted by Crippen LogP contribution is 2.40. The van der Waals surface area contributed by atoms with Crippen molar-refractivity contribution in [3.63, 3.8) is 0 Å². The minimum Gasteiger partial charge on any atom is -0.160 e. The molecule has 0 bridgehead atoms. The maximum absolute atomic E-state index is 12.7. The molecule has 0 N–H and O–H groups in total. The summed E-state index contributed by atoms with van der Waals surface area (Å²) in [6, 6.07) is 5.86. The number of hydrogen-bond acceptors (Lipinski definition) is 2. The molecule has 1 aliphatic carbocycles. The molecule has 0 spiro atoms. The second-order valence-corrected chi connectivity index (χ2v) is 5.29. The maximum atomic E-state index is 12.7. The van der Waals surface area contributed by atoms with Crippen LogP contribution in [0.1, 0.15) is 16.9 Å². The number of benzene rings is 1. The first kappa shape index (κ1) is 9.43. The van der Waals surface area contributed by atoms with E-state index in [1.54, 1.807) is 11.3 Å². The molecular weight excluding hydrogens is 227 g/mol. The third-order valence-electron chi connectivity index (χ3n) is 2.70. The van der Waals surface area contributed by atoms with E-state index in [-0.39, 0.29) is 0 Å². The van der Waals surface area contributed by atoms with E-state index in [4.69, 9.17) is 0 Å². The number of hydrogen-bond donors (Lipinski definition) is 0. The van der Waals surface area contributed by atoms with Gasteiger partial charge in [0.2, 0.25) is 0 Å². The van der Waals surface area contributed by atoms with E-state index in [2.05, 4.69) is 18.2 Å². The van der Waals surface area contributed by atoms with Crippen molar-refractivity contribution in [2.24, 2.45) is 0 Å². The van der Waals surface area contributed by atoms with Crippen molar-refractivity contribution in [3.05, 3.63) is 34.7 Å². The van der Waals surface area contributed by atoms with Gasteiger partial charge in [0.15, 0.2) is 0 Å². The Morgan fingerprint density at radius 1 is 1.33 bits per heavy atom. The van der Waals surface area contributed by atoms with Gasteiger partial charge in [0.1, 0.15) is 0 Å². The molecule has 1 aromatic heterocycles. The Hall–Kier alpha value is -0.800. The van der Waals surface area contributed by atoms with Crippen LogP contribution < -0.4 is 0 Å². The second kappa shape index (κ2) is 3.65. The standard InChI is InChI=1S/C12H9FS2/c13-15-11-7-3-5-9-8-4-1-2-6-10(8)14-12(9)11/h1,3-5,7H,2,6H2. The molecule has 0 saturated carbocycles. The van der Waals surface area contributed by atoms with Crippen molar-refractivity contribution in [3.8, 4) is 0 Å². The van der Waals surface area contributed by atoms with E-state index in [1.807, 2.05) is 12.1 Å². The minimum absolute atomic E-state index is 0.348. The smallest absolute Gasteiger partial charge is 0.0827 e. The summed E-state index contributed by atoms with van der Waals surface area (Å²) in [5.41, 5.74) is 1.30. The molecular formula is C12H9FS2. The number of aryl methyl sites for hydroxylation is 1. The van der Waals surface area contributed by atoms with Gasteiger partial charge >= 0.3 is 0 Å². The number of thiophene rings is 1. The highest BCUT2D eigenvalue weighted by molar-refractivity contribution is 7.94. The van der Waals surface area contributed by atoms with Crippen LogP contribution in [0.4, 0.5) is 3.89 Å². The number of fused-ring (bicyclic) bond motifs is 3. The molecule has 2 aromatic rings. The lowest BCUT2D eigenvalue weighted by molar-refractivity contribution is 0.936. The van der Waals surface area contributed by atoms with Crippen LogP contribution in [0, 0.1) is 0 Å². The monoisotopic (exact) mass is 236 g/mol. The number of rotatable bonds is 1. The van der Waals surface area contributed by atoms with Gasteiger partial charge in [-0.3, -0.25) is 0 Å². The highest BCUT2D eigenvalue weighted by atomic mass is 32.2. The molecule has 15 heavy (non-hydrogen) atoms. The minimum atomic E-state index is 0.348. The highest BCUT2D eigenvalue weighted by Gasteiger charge is 2.14. The molecule has 0 radical (unpaired) electrons. The molecule has 1 aliphatic rings. The van der Waals surface area contributed by atoms with E-state index in [9.17, 15) is 3.89 Å². The van der Waals surface area contributed by atoms with Crippen LogP contribution in [-0.4, -0.2) is 0 Å². The third kappa shape index (κ3) is 1.42. The normalized spacial score (nSPS) is 14.5. The average Bonchev–Trinajstić information content (AvgIpc) is 2.67. The van der Waals surface area contributed by atoms with Gasteiger partial charge in [-0.2, -0.15) is 3.89 Å². The molecule has 1 aromatic carbocycles. The Morgan fingerprint density at radius 3 is 3.13 bits per heavy atom. The molecule has 76 valence electrons. The van der Waals surface area contributed by atoms with E-state index in [0.29, 0.717) is 12.1 Å². The Morgan fingerprint density at radius 2 is 2.27 bits per heavy atom. The molecule has 3 heteroatoms. The summed E-state index contributed by atoms with van der Waals surface area (Å²) in [5.74, 6) is 0. The molecule has 0 nitrogen and oxygen atoms in total. The molecule has 0 fully saturated rings. The van der Waals surface area contributed by atoms with E-state index in [0.717, 1.165) is 22.4 Å². The van der Waals surface area contributed by atoms with Crippen molar-refractivity contribution in [1.82, 2.24) is 0 Å². The predicted molar refractivity (Wildman–Crippen MR) is 66.1 cm³/mol. The number of halogens is 1.